The molecule has 2 amide bonds. The van der Waals surface area contributed by atoms with Crippen LogP contribution >= 0.6 is 0 Å². The Kier molecular flexibility index (Phi) is 3.67. The fourth-order valence-corrected chi connectivity index (χ4v) is 2.26. The monoisotopic (exact) mass is 277 g/mol. The van der Waals surface area contributed by atoms with Gasteiger partial charge in [0.2, 0.25) is 5.91 Å². The van der Waals surface area contributed by atoms with Gasteiger partial charge in [0.1, 0.15) is 11.3 Å². The molecule has 0 atom stereocenters. The van der Waals surface area contributed by atoms with Gasteiger partial charge in [-0.25, -0.2) is 0 Å². The van der Waals surface area contributed by atoms with Crippen LogP contribution in [0.1, 0.15) is 19.4 Å². The number of nitrogens with zero attached hydrogens (tertiary/aromatic N) is 1. The maximum atomic E-state index is 12.0. The number of nitrogens with one attached hydrogen (secondary N) is 1. The highest BCUT2D eigenvalue weighted by atomic mass is 16.5. The molecule has 0 aliphatic carbocycles. The summed E-state index contributed by atoms with van der Waals surface area (Å²) in [7, 11) is 1.57. The van der Waals surface area contributed by atoms with E-state index in [-0.39, 0.29) is 18.4 Å². The van der Waals surface area contributed by atoms with Gasteiger partial charge in [-0.05, 0) is 25.5 Å². The highest BCUT2D eigenvalue weighted by molar-refractivity contribution is 6.06. The van der Waals surface area contributed by atoms with Crippen molar-refractivity contribution in [3.63, 3.8) is 0 Å². The van der Waals surface area contributed by atoms with E-state index in [9.17, 15) is 9.59 Å². The second kappa shape index (κ2) is 5.13. The summed E-state index contributed by atoms with van der Waals surface area (Å²) < 4.78 is 5.21. The molecule has 0 spiro atoms. The van der Waals surface area contributed by atoms with Gasteiger partial charge in [0.05, 0.1) is 13.7 Å². The van der Waals surface area contributed by atoms with E-state index in [4.69, 9.17) is 10.5 Å². The zero-order valence-electron chi connectivity index (χ0n) is 11.9. The van der Waals surface area contributed by atoms with Gasteiger partial charge in [0, 0.05) is 18.3 Å². The number of amides is 2. The van der Waals surface area contributed by atoms with Crippen LogP contribution in [0.25, 0.3) is 0 Å². The first kappa shape index (κ1) is 14.3. The molecule has 3 N–H and O–H groups in total. The average Bonchev–Trinajstić information content (AvgIpc) is 2.42. The van der Waals surface area contributed by atoms with E-state index in [1.807, 2.05) is 12.1 Å². The van der Waals surface area contributed by atoms with Crippen LogP contribution in [0.4, 0.5) is 5.69 Å². The van der Waals surface area contributed by atoms with Crippen LogP contribution in [-0.4, -0.2) is 31.0 Å². The highest BCUT2D eigenvalue weighted by Crippen LogP contribution is 2.32. The third kappa shape index (κ3) is 2.34. The number of nitrogens with two attached hydrogens (primary N) is 1. The second-order valence-corrected chi connectivity index (χ2v) is 5.22. The third-order valence-electron chi connectivity index (χ3n) is 3.59. The van der Waals surface area contributed by atoms with Crippen molar-refractivity contribution in [2.24, 2.45) is 5.73 Å². The zero-order chi connectivity index (χ0) is 14.9. The Balaban J connectivity index is 2.52. The van der Waals surface area contributed by atoms with Crippen molar-refractivity contribution in [3.8, 4) is 5.75 Å². The largest absolute Gasteiger partial charge is 0.497 e. The number of hydrogen-bond donors (Lipinski definition) is 2. The van der Waals surface area contributed by atoms with Crippen molar-refractivity contribution in [2.45, 2.75) is 25.9 Å². The highest BCUT2D eigenvalue weighted by Gasteiger charge is 2.41. The first-order valence-electron chi connectivity index (χ1n) is 6.39. The van der Waals surface area contributed by atoms with E-state index in [1.165, 1.54) is 0 Å². The lowest BCUT2D eigenvalue weighted by atomic mass is 9.96. The topological polar surface area (TPSA) is 84.7 Å². The Morgan fingerprint density at radius 1 is 1.40 bits per heavy atom. The Hall–Kier alpha value is -2.08. The van der Waals surface area contributed by atoms with Crippen molar-refractivity contribution < 1.29 is 14.3 Å². The minimum absolute atomic E-state index is 0.110. The molecule has 0 unspecified atom stereocenters. The molecule has 1 saturated heterocycles. The first-order valence-corrected chi connectivity index (χ1v) is 6.39. The fourth-order valence-electron chi connectivity index (χ4n) is 2.26. The molecule has 0 radical (unpaired) electrons. The van der Waals surface area contributed by atoms with E-state index in [2.05, 4.69) is 5.32 Å². The van der Waals surface area contributed by atoms with Crippen molar-refractivity contribution in [1.82, 2.24) is 5.32 Å². The number of benzene rings is 1. The maximum absolute atomic E-state index is 12.0. The first-order chi connectivity index (χ1) is 9.40. The van der Waals surface area contributed by atoms with Crippen LogP contribution in [0.5, 0.6) is 5.75 Å². The number of rotatable bonds is 3. The number of methoxy groups -OCH3 is 1. The molecule has 6 heteroatoms. The number of imide groups is 1. The predicted molar refractivity (Wildman–Crippen MR) is 75.5 cm³/mol. The molecule has 0 aromatic heterocycles. The number of piperazine rings is 1. The average molecular weight is 277 g/mol. The lowest BCUT2D eigenvalue weighted by Crippen LogP contribution is -2.64. The van der Waals surface area contributed by atoms with Crippen molar-refractivity contribution in [2.75, 3.05) is 18.6 Å². The summed E-state index contributed by atoms with van der Waals surface area (Å²) in [5, 5.41) is 2.35. The second-order valence-electron chi connectivity index (χ2n) is 5.22. The molecule has 6 nitrogen and oxygen atoms in total. The van der Waals surface area contributed by atoms with Gasteiger partial charge in [-0.3, -0.25) is 14.9 Å². The lowest BCUT2D eigenvalue weighted by molar-refractivity contribution is -0.135. The summed E-state index contributed by atoms with van der Waals surface area (Å²) in [4.78, 5) is 25.5. The Labute approximate surface area is 117 Å². The molecule has 1 aromatic carbocycles. The van der Waals surface area contributed by atoms with Crippen molar-refractivity contribution in [3.05, 3.63) is 23.8 Å². The molecule has 1 aliphatic heterocycles. The van der Waals surface area contributed by atoms with Crippen LogP contribution < -0.4 is 20.7 Å². The number of carbonyl (C=O) groups is 2. The quantitative estimate of drug-likeness (QED) is 0.781. The Morgan fingerprint density at radius 3 is 2.70 bits per heavy atom. The summed E-state index contributed by atoms with van der Waals surface area (Å²) in [6.07, 6.45) is 0. The van der Waals surface area contributed by atoms with E-state index in [0.717, 1.165) is 11.3 Å². The Bertz CT molecular complexity index is 555. The molecule has 1 aromatic rings. The lowest BCUT2D eigenvalue weighted by Gasteiger charge is -2.42. The van der Waals surface area contributed by atoms with Gasteiger partial charge in [-0.15, -0.1) is 0 Å². The fraction of sp³-hybridized carbons (Fsp3) is 0.429. The van der Waals surface area contributed by atoms with Gasteiger partial charge in [0.25, 0.3) is 5.91 Å². The maximum Gasteiger partial charge on any atom is 0.251 e. The molecular formula is C14H19N3O3. The molecule has 20 heavy (non-hydrogen) atoms. The third-order valence-corrected chi connectivity index (χ3v) is 3.59. The summed E-state index contributed by atoms with van der Waals surface area (Å²) in [5.41, 5.74) is 6.54. The van der Waals surface area contributed by atoms with Crippen LogP contribution in [0.3, 0.4) is 0 Å². The molecule has 0 bridgehead atoms. The number of anilines is 1. The van der Waals surface area contributed by atoms with Gasteiger partial charge in [0.15, 0.2) is 0 Å². The predicted octanol–water partition coefficient (Wildman–Crippen LogP) is 0.395. The number of hydrogen-bond acceptors (Lipinski definition) is 5. The van der Waals surface area contributed by atoms with Gasteiger partial charge >= 0.3 is 0 Å². The molecule has 1 fully saturated rings. The van der Waals surface area contributed by atoms with Crippen LogP contribution in [-0.2, 0) is 16.1 Å². The normalized spacial score (nSPS) is 17.9. The molecule has 2 rings (SSSR count). The minimum atomic E-state index is -0.829. The van der Waals surface area contributed by atoms with E-state index in [0.29, 0.717) is 12.3 Å². The summed E-state index contributed by atoms with van der Waals surface area (Å²) in [6, 6.07) is 5.46. The molecule has 0 saturated carbocycles. The molecular weight excluding hydrogens is 258 g/mol. The number of ether oxygens (including phenoxy) is 1. The number of carbonyl (C=O) groups excluding carboxylic acids is 2. The van der Waals surface area contributed by atoms with E-state index < -0.39 is 5.54 Å². The molecule has 1 heterocycles. The standard InChI is InChI=1S/C14H19N3O3/c1-14(2)13(19)16-12(18)8-17(14)11-6-10(20-3)5-4-9(11)7-15/h4-6H,7-8,15H2,1-3H3,(H,16,18,19). The van der Waals surface area contributed by atoms with Gasteiger partial charge in [-0.1, -0.05) is 6.07 Å². The summed E-state index contributed by atoms with van der Waals surface area (Å²) >= 11 is 0. The molecule has 1 aliphatic rings. The van der Waals surface area contributed by atoms with Gasteiger partial charge in [-0.2, -0.15) is 0 Å². The Morgan fingerprint density at radius 2 is 2.10 bits per heavy atom. The van der Waals surface area contributed by atoms with Crippen molar-refractivity contribution >= 4 is 17.5 Å². The molecule has 108 valence electrons. The summed E-state index contributed by atoms with van der Waals surface area (Å²) in [5.74, 6) is 0.0195. The minimum Gasteiger partial charge on any atom is -0.497 e. The zero-order valence-corrected chi connectivity index (χ0v) is 11.9. The van der Waals surface area contributed by atoms with Crippen molar-refractivity contribution in [1.29, 1.82) is 0 Å². The smallest absolute Gasteiger partial charge is 0.251 e. The summed E-state index contributed by atoms with van der Waals surface area (Å²) in [6.45, 7) is 3.98. The van der Waals surface area contributed by atoms with Crippen LogP contribution in [0, 0.1) is 0 Å². The van der Waals surface area contributed by atoms with Crippen LogP contribution in [0.2, 0.25) is 0 Å². The van der Waals surface area contributed by atoms with E-state index >= 15 is 0 Å². The van der Waals surface area contributed by atoms with E-state index in [1.54, 1.807) is 31.9 Å². The van der Waals surface area contributed by atoms with Crippen LogP contribution in [0.15, 0.2) is 18.2 Å². The SMILES string of the molecule is COc1ccc(CN)c(N2CC(=O)NC(=O)C2(C)C)c1. The van der Waals surface area contributed by atoms with Gasteiger partial charge < -0.3 is 15.4 Å².